The summed E-state index contributed by atoms with van der Waals surface area (Å²) in [4.78, 5) is 16.0. The van der Waals surface area contributed by atoms with Crippen molar-refractivity contribution in [2.75, 3.05) is 0 Å². The number of aromatic nitrogens is 2. The van der Waals surface area contributed by atoms with Crippen molar-refractivity contribution in [2.24, 2.45) is 0 Å². The standard InChI is InChI=1S/C19H18N2O2/c22-19(23)15-8-3-5-13(11-15)12-21-17-10-2-1-9-16(17)20-18(21)14-6-4-7-14/h1-3,5,8-11,14H,4,6-7,12H2,(H,22,23). The molecule has 1 aromatic heterocycles. The number of nitrogens with zero attached hydrogens (tertiary/aromatic N) is 2. The minimum Gasteiger partial charge on any atom is -0.478 e. The monoisotopic (exact) mass is 306 g/mol. The fourth-order valence-electron chi connectivity index (χ4n) is 3.22. The average molecular weight is 306 g/mol. The highest BCUT2D eigenvalue weighted by Crippen LogP contribution is 2.37. The lowest BCUT2D eigenvalue weighted by Crippen LogP contribution is -2.16. The smallest absolute Gasteiger partial charge is 0.335 e. The summed E-state index contributed by atoms with van der Waals surface area (Å²) in [6.07, 6.45) is 3.65. The normalized spacial score (nSPS) is 14.8. The van der Waals surface area contributed by atoms with Gasteiger partial charge in [0, 0.05) is 12.5 Å². The van der Waals surface area contributed by atoms with E-state index in [4.69, 9.17) is 4.98 Å². The van der Waals surface area contributed by atoms with Crippen LogP contribution in [-0.4, -0.2) is 20.6 Å². The zero-order chi connectivity index (χ0) is 15.8. The Kier molecular flexibility index (Phi) is 3.37. The molecule has 0 saturated heterocycles. The Hall–Kier alpha value is -2.62. The summed E-state index contributed by atoms with van der Waals surface area (Å²) in [5, 5.41) is 9.18. The molecule has 4 heteroatoms. The van der Waals surface area contributed by atoms with Crippen LogP contribution in [0.5, 0.6) is 0 Å². The van der Waals surface area contributed by atoms with Gasteiger partial charge in [-0.2, -0.15) is 0 Å². The lowest BCUT2D eigenvalue weighted by Gasteiger charge is -2.25. The molecule has 0 radical (unpaired) electrons. The molecule has 116 valence electrons. The van der Waals surface area contributed by atoms with Crippen LogP contribution in [0.4, 0.5) is 0 Å². The molecule has 23 heavy (non-hydrogen) atoms. The van der Waals surface area contributed by atoms with Crippen molar-refractivity contribution >= 4 is 17.0 Å². The van der Waals surface area contributed by atoms with Gasteiger partial charge >= 0.3 is 5.97 Å². The molecule has 1 heterocycles. The summed E-state index contributed by atoms with van der Waals surface area (Å²) in [6, 6.07) is 15.3. The summed E-state index contributed by atoms with van der Waals surface area (Å²) in [7, 11) is 0. The van der Waals surface area contributed by atoms with Gasteiger partial charge in [0.05, 0.1) is 16.6 Å². The molecule has 2 aromatic carbocycles. The van der Waals surface area contributed by atoms with Crippen molar-refractivity contribution in [3.63, 3.8) is 0 Å². The molecule has 0 bridgehead atoms. The van der Waals surface area contributed by atoms with Crippen molar-refractivity contribution in [3.05, 3.63) is 65.5 Å². The molecule has 0 aliphatic heterocycles. The summed E-state index contributed by atoms with van der Waals surface area (Å²) < 4.78 is 2.25. The van der Waals surface area contributed by atoms with Gasteiger partial charge in [0.2, 0.25) is 0 Å². The molecule has 1 fully saturated rings. The first kappa shape index (κ1) is 14.0. The van der Waals surface area contributed by atoms with E-state index in [1.165, 1.54) is 19.3 Å². The average Bonchev–Trinajstić information content (AvgIpc) is 2.84. The number of aromatic carboxylic acids is 1. The Bertz CT molecular complexity index is 878. The maximum atomic E-state index is 11.2. The van der Waals surface area contributed by atoms with Crippen LogP contribution in [0.25, 0.3) is 11.0 Å². The van der Waals surface area contributed by atoms with Crippen LogP contribution in [0.1, 0.15) is 46.9 Å². The lowest BCUT2D eigenvalue weighted by molar-refractivity contribution is 0.0696. The van der Waals surface area contributed by atoms with Gasteiger partial charge in [-0.15, -0.1) is 0 Å². The number of para-hydroxylation sites is 2. The first-order valence-corrected chi connectivity index (χ1v) is 8.00. The third-order valence-corrected chi connectivity index (χ3v) is 4.67. The molecule has 0 atom stereocenters. The second-order valence-corrected chi connectivity index (χ2v) is 6.18. The number of hydrogen-bond acceptors (Lipinski definition) is 2. The zero-order valence-corrected chi connectivity index (χ0v) is 12.8. The topological polar surface area (TPSA) is 55.1 Å². The summed E-state index contributed by atoms with van der Waals surface area (Å²) in [5.41, 5.74) is 3.46. The number of hydrogen-bond donors (Lipinski definition) is 1. The van der Waals surface area contributed by atoms with Gasteiger partial charge < -0.3 is 9.67 Å². The Morgan fingerprint density at radius 3 is 2.74 bits per heavy atom. The highest BCUT2D eigenvalue weighted by molar-refractivity contribution is 5.87. The quantitative estimate of drug-likeness (QED) is 0.791. The first-order chi connectivity index (χ1) is 11.2. The molecular weight excluding hydrogens is 288 g/mol. The zero-order valence-electron chi connectivity index (χ0n) is 12.8. The molecule has 1 N–H and O–H groups in total. The van der Waals surface area contributed by atoms with Gasteiger partial charge in [-0.05, 0) is 42.7 Å². The van der Waals surface area contributed by atoms with Gasteiger partial charge in [0.15, 0.2) is 0 Å². The van der Waals surface area contributed by atoms with Crippen LogP contribution in [0.2, 0.25) is 0 Å². The van der Waals surface area contributed by atoms with Gasteiger partial charge in [-0.25, -0.2) is 9.78 Å². The van der Waals surface area contributed by atoms with E-state index in [1.54, 1.807) is 18.2 Å². The third-order valence-electron chi connectivity index (χ3n) is 4.67. The molecule has 3 aromatic rings. The largest absolute Gasteiger partial charge is 0.478 e. The summed E-state index contributed by atoms with van der Waals surface area (Å²) >= 11 is 0. The fourth-order valence-corrected chi connectivity index (χ4v) is 3.22. The summed E-state index contributed by atoms with van der Waals surface area (Å²) in [5.74, 6) is 0.782. The molecule has 1 aliphatic rings. The van der Waals surface area contributed by atoms with Crippen molar-refractivity contribution in [1.29, 1.82) is 0 Å². The van der Waals surface area contributed by atoms with E-state index >= 15 is 0 Å². The van der Waals surface area contributed by atoms with Crippen LogP contribution < -0.4 is 0 Å². The Labute approximate surface area is 134 Å². The minimum absolute atomic E-state index is 0.331. The van der Waals surface area contributed by atoms with Crippen LogP contribution >= 0.6 is 0 Å². The van der Waals surface area contributed by atoms with Crippen LogP contribution in [-0.2, 0) is 6.54 Å². The Balaban J connectivity index is 1.78. The second kappa shape index (κ2) is 5.54. The number of carbonyl (C=O) groups is 1. The van der Waals surface area contributed by atoms with Crippen molar-refractivity contribution < 1.29 is 9.90 Å². The van der Waals surface area contributed by atoms with Crippen LogP contribution in [0.15, 0.2) is 48.5 Å². The first-order valence-electron chi connectivity index (χ1n) is 8.00. The number of carboxylic acid groups (broad SMARTS) is 1. The van der Waals surface area contributed by atoms with Gasteiger partial charge in [0.25, 0.3) is 0 Å². The van der Waals surface area contributed by atoms with Crippen molar-refractivity contribution in [3.8, 4) is 0 Å². The highest BCUT2D eigenvalue weighted by Gasteiger charge is 2.25. The van der Waals surface area contributed by atoms with E-state index in [-0.39, 0.29) is 0 Å². The highest BCUT2D eigenvalue weighted by atomic mass is 16.4. The summed E-state index contributed by atoms with van der Waals surface area (Å²) in [6.45, 7) is 0.660. The van der Waals surface area contributed by atoms with E-state index in [9.17, 15) is 9.90 Å². The molecule has 1 aliphatic carbocycles. The van der Waals surface area contributed by atoms with Gasteiger partial charge in [-0.1, -0.05) is 30.7 Å². The fraction of sp³-hybridized carbons (Fsp3) is 0.263. The van der Waals surface area contributed by atoms with Crippen LogP contribution in [0.3, 0.4) is 0 Å². The van der Waals surface area contributed by atoms with Gasteiger partial charge in [-0.3, -0.25) is 0 Å². The number of fused-ring (bicyclic) bond motifs is 1. The molecule has 0 amide bonds. The minimum atomic E-state index is -0.887. The Morgan fingerprint density at radius 1 is 1.17 bits per heavy atom. The van der Waals surface area contributed by atoms with Gasteiger partial charge in [0.1, 0.15) is 5.82 Å². The number of benzene rings is 2. The van der Waals surface area contributed by atoms with Crippen molar-refractivity contribution in [1.82, 2.24) is 9.55 Å². The van der Waals surface area contributed by atoms with E-state index in [2.05, 4.69) is 10.6 Å². The SMILES string of the molecule is O=C(O)c1cccc(Cn2c(C3CCC3)nc3ccccc32)c1. The Morgan fingerprint density at radius 2 is 2.00 bits per heavy atom. The van der Waals surface area contributed by atoms with E-state index in [0.29, 0.717) is 18.0 Å². The number of carboxylic acids is 1. The van der Waals surface area contributed by atoms with Crippen molar-refractivity contribution in [2.45, 2.75) is 31.7 Å². The van der Waals surface area contributed by atoms with E-state index in [1.807, 2.05) is 24.3 Å². The molecule has 4 nitrogen and oxygen atoms in total. The molecule has 4 rings (SSSR count). The molecule has 1 saturated carbocycles. The predicted octanol–water partition coefficient (Wildman–Crippen LogP) is 4.05. The number of imidazole rings is 1. The second-order valence-electron chi connectivity index (χ2n) is 6.18. The third kappa shape index (κ3) is 2.50. The van der Waals surface area contributed by atoms with E-state index in [0.717, 1.165) is 22.4 Å². The molecule has 0 unspecified atom stereocenters. The van der Waals surface area contributed by atoms with E-state index < -0.39 is 5.97 Å². The number of rotatable bonds is 4. The maximum Gasteiger partial charge on any atom is 0.335 e. The maximum absolute atomic E-state index is 11.2. The molecule has 0 spiro atoms. The lowest BCUT2D eigenvalue weighted by atomic mass is 9.85. The van der Waals surface area contributed by atoms with Crippen LogP contribution in [0, 0.1) is 0 Å². The predicted molar refractivity (Wildman–Crippen MR) is 88.8 cm³/mol. The molecular formula is C19H18N2O2.